The Kier molecular flexibility index (Phi) is 9.68. The van der Waals surface area contributed by atoms with E-state index in [0.717, 1.165) is 48.4 Å². The van der Waals surface area contributed by atoms with Crippen LogP contribution in [0.4, 0.5) is 0 Å². The molecule has 0 amide bonds. The molecule has 0 aromatic carbocycles. The molecule has 5 rings (SSSR count). The summed E-state index contributed by atoms with van der Waals surface area (Å²) < 4.78 is 0. The van der Waals surface area contributed by atoms with E-state index in [1.807, 2.05) is 19.1 Å². The second kappa shape index (κ2) is 12.0. The van der Waals surface area contributed by atoms with Crippen molar-refractivity contribution in [1.82, 2.24) is 0 Å². The Balaban J connectivity index is 0.000000183. The van der Waals surface area contributed by atoms with Gasteiger partial charge < -0.3 is 4.79 Å². The number of rotatable bonds is 5. The minimum atomic E-state index is -0.0870. The number of hydrogen-bond donors (Lipinski definition) is 0. The van der Waals surface area contributed by atoms with E-state index in [2.05, 4.69) is 59.9 Å². The number of fused-ring (bicyclic) bond motifs is 4. The summed E-state index contributed by atoms with van der Waals surface area (Å²) in [5.41, 5.74) is 1.42. The number of carbonyl (C=O) groups is 2. The van der Waals surface area contributed by atoms with E-state index < -0.39 is 0 Å². The first kappa shape index (κ1) is 29.9. The minimum absolute atomic E-state index is 0.0870. The van der Waals surface area contributed by atoms with E-state index in [0.29, 0.717) is 28.6 Å². The first-order chi connectivity index (χ1) is 17.5. The molecule has 37 heavy (non-hydrogen) atoms. The second-order valence-electron chi connectivity index (χ2n) is 13.9. The zero-order chi connectivity index (χ0) is 27.4. The Bertz CT molecular complexity index is 889. The molecule has 0 radical (unpaired) electrons. The van der Waals surface area contributed by atoms with Gasteiger partial charge in [0.25, 0.3) is 0 Å². The molecule has 4 fully saturated rings. The van der Waals surface area contributed by atoms with Crippen LogP contribution in [0.15, 0.2) is 49.1 Å². The molecule has 0 saturated heterocycles. The van der Waals surface area contributed by atoms with Crippen LogP contribution >= 0.6 is 0 Å². The van der Waals surface area contributed by atoms with Crippen molar-refractivity contribution in [1.29, 1.82) is 0 Å². The molecule has 0 aromatic heterocycles. The van der Waals surface area contributed by atoms with E-state index >= 15 is 0 Å². The van der Waals surface area contributed by atoms with Crippen LogP contribution in [0, 0.1) is 57.7 Å². The van der Waals surface area contributed by atoms with Crippen LogP contribution in [0.3, 0.4) is 0 Å². The van der Waals surface area contributed by atoms with Gasteiger partial charge in [-0.15, -0.1) is 0 Å². The summed E-state index contributed by atoms with van der Waals surface area (Å²) in [5.74, 6) is 4.73. The first-order valence-corrected chi connectivity index (χ1v) is 15.0. The fourth-order valence-corrected chi connectivity index (χ4v) is 9.75. The highest BCUT2D eigenvalue weighted by Crippen LogP contribution is 2.66. The van der Waals surface area contributed by atoms with Gasteiger partial charge in [-0.3, -0.25) is 4.79 Å². The van der Waals surface area contributed by atoms with Gasteiger partial charge in [0.2, 0.25) is 0 Å². The lowest BCUT2D eigenvalue weighted by molar-refractivity contribution is -0.129. The molecule has 8 unspecified atom stereocenters. The largest absolute Gasteiger partial charge is 0.303 e. The van der Waals surface area contributed by atoms with E-state index in [1.165, 1.54) is 51.2 Å². The van der Waals surface area contributed by atoms with Crippen molar-refractivity contribution in [3.63, 3.8) is 0 Å². The summed E-state index contributed by atoms with van der Waals surface area (Å²) in [7, 11) is 0. The minimum Gasteiger partial charge on any atom is -0.303 e. The fraction of sp³-hybridized carbons (Fsp3) is 0.714. The van der Waals surface area contributed by atoms with E-state index in [-0.39, 0.29) is 5.41 Å². The molecule has 2 heteroatoms. The lowest BCUT2D eigenvalue weighted by atomic mass is 9.53. The lowest BCUT2D eigenvalue weighted by Gasteiger charge is -2.50. The number of carbonyl (C=O) groups excluding carboxylic acids is 2. The van der Waals surface area contributed by atoms with Gasteiger partial charge in [0.1, 0.15) is 12.6 Å². The van der Waals surface area contributed by atoms with Gasteiger partial charge >= 0.3 is 0 Å². The predicted molar refractivity (Wildman–Crippen MR) is 157 cm³/mol. The molecule has 0 N–H and O–H groups in total. The molecule has 2 nitrogen and oxygen atoms in total. The zero-order valence-electron chi connectivity index (χ0n) is 24.7. The third-order valence-electron chi connectivity index (χ3n) is 11.5. The van der Waals surface area contributed by atoms with E-state index in [4.69, 9.17) is 0 Å². The highest BCUT2D eigenvalue weighted by atomic mass is 16.1. The van der Waals surface area contributed by atoms with Gasteiger partial charge in [-0.2, -0.15) is 0 Å². The maximum atomic E-state index is 12.2. The van der Waals surface area contributed by atoms with Crippen LogP contribution < -0.4 is 0 Å². The Morgan fingerprint density at radius 2 is 1.57 bits per heavy atom. The molecule has 4 bridgehead atoms. The molecule has 0 aliphatic heterocycles. The van der Waals surface area contributed by atoms with Crippen LogP contribution in [0.1, 0.15) is 99.3 Å². The van der Waals surface area contributed by atoms with Crippen molar-refractivity contribution in [2.45, 2.75) is 99.3 Å². The Morgan fingerprint density at radius 1 is 0.946 bits per heavy atom. The van der Waals surface area contributed by atoms with Gasteiger partial charge in [0, 0.05) is 5.41 Å². The third-order valence-corrected chi connectivity index (χ3v) is 11.5. The average Bonchev–Trinajstić information content (AvgIpc) is 3.60. The number of aldehydes is 2. The van der Waals surface area contributed by atoms with Gasteiger partial charge in [0.15, 0.2) is 0 Å². The molecular weight excluding hydrogens is 452 g/mol. The molecule has 0 heterocycles. The van der Waals surface area contributed by atoms with Gasteiger partial charge in [0.05, 0.1) is 0 Å². The summed E-state index contributed by atoms with van der Waals surface area (Å²) in [6, 6.07) is 0. The van der Waals surface area contributed by atoms with E-state index in [9.17, 15) is 9.59 Å². The fourth-order valence-electron chi connectivity index (χ4n) is 9.75. The second-order valence-corrected chi connectivity index (χ2v) is 13.9. The standard InChI is InChI=1S/C18H28O.C12H18O.C5H8/c1-13-7-5-4-6-10-18(13,12-19)16-14-8-9-15(11-14)17(16,2)3;1-8(7-13)11-9-4-5-10(6-9)12(11,2)3;1-3-5-4-2/h5,7,12-16H,4,6,8-11H2,1-3H3;7,9-11H,1,4-6H2,2-3H3;3-5H,1H2,2H3/b;;5-4+. The molecule has 5 aliphatic carbocycles. The van der Waals surface area contributed by atoms with Crippen molar-refractivity contribution in [2.75, 3.05) is 0 Å². The monoisotopic (exact) mass is 506 g/mol. The van der Waals surface area contributed by atoms with Gasteiger partial charge in [-0.05, 0) is 123 Å². The van der Waals surface area contributed by atoms with Crippen LogP contribution in [0.2, 0.25) is 0 Å². The van der Waals surface area contributed by atoms with Gasteiger partial charge in [-0.1, -0.05) is 78.2 Å². The number of hydrogen-bond acceptors (Lipinski definition) is 2. The van der Waals surface area contributed by atoms with Crippen LogP contribution in [-0.4, -0.2) is 12.6 Å². The molecule has 0 aromatic rings. The summed E-state index contributed by atoms with van der Waals surface area (Å²) in [6.07, 6.45) is 24.1. The molecule has 4 saturated carbocycles. The Labute approximate surface area is 228 Å². The third kappa shape index (κ3) is 5.55. The summed E-state index contributed by atoms with van der Waals surface area (Å²) in [5, 5.41) is 0. The van der Waals surface area contributed by atoms with Gasteiger partial charge in [-0.25, -0.2) is 0 Å². The van der Waals surface area contributed by atoms with Crippen LogP contribution in [-0.2, 0) is 9.59 Å². The highest BCUT2D eigenvalue weighted by molar-refractivity contribution is 5.73. The smallest absolute Gasteiger partial charge is 0.145 e. The van der Waals surface area contributed by atoms with Crippen molar-refractivity contribution in [3.8, 4) is 0 Å². The summed E-state index contributed by atoms with van der Waals surface area (Å²) >= 11 is 0. The summed E-state index contributed by atoms with van der Waals surface area (Å²) in [6.45, 7) is 21.1. The average molecular weight is 507 g/mol. The normalized spacial score (nSPS) is 40.2. The lowest BCUT2D eigenvalue weighted by Crippen LogP contribution is -2.47. The number of allylic oxidation sites excluding steroid dienone is 6. The maximum absolute atomic E-state index is 12.2. The zero-order valence-corrected chi connectivity index (χ0v) is 24.7. The van der Waals surface area contributed by atoms with E-state index in [1.54, 1.807) is 6.08 Å². The predicted octanol–water partition coefficient (Wildman–Crippen LogP) is 9.18. The maximum Gasteiger partial charge on any atom is 0.145 e. The SMILES string of the molecule is C=C(C=O)C1C2CCC(C2)C1(C)C.C=C/C=C/C.CC1C=CCCCC1(C=O)C1C2CCC(C2)C1(C)C. The molecular formula is C35H54O2. The summed E-state index contributed by atoms with van der Waals surface area (Å²) in [4.78, 5) is 22.9. The molecule has 0 spiro atoms. The highest BCUT2D eigenvalue weighted by Gasteiger charge is 2.61. The Morgan fingerprint density at radius 3 is 2.03 bits per heavy atom. The molecule has 206 valence electrons. The van der Waals surface area contributed by atoms with Crippen molar-refractivity contribution < 1.29 is 9.59 Å². The van der Waals surface area contributed by atoms with Crippen LogP contribution in [0.5, 0.6) is 0 Å². The topological polar surface area (TPSA) is 34.1 Å². The van der Waals surface area contributed by atoms with Crippen LogP contribution in [0.25, 0.3) is 0 Å². The van der Waals surface area contributed by atoms with Crippen molar-refractivity contribution >= 4 is 12.6 Å². The van der Waals surface area contributed by atoms with Crippen molar-refractivity contribution in [2.24, 2.45) is 57.7 Å². The first-order valence-electron chi connectivity index (χ1n) is 15.0. The Hall–Kier alpha value is -1.70. The quantitative estimate of drug-likeness (QED) is 0.161. The molecule has 5 aliphatic rings. The molecule has 8 atom stereocenters. The van der Waals surface area contributed by atoms with Crippen molar-refractivity contribution in [3.05, 3.63) is 49.1 Å².